The van der Waals surface area contributed by atoms with Crippen LogP contribution in [0.5, 0.6) is 0 Å². The van der Waals surface area contributed by atoms with Gasteiger partial charge in [-0.1, -0.05) is 46.0 Å². The lowest BCUT2D eigenvalue weighted by molar-refractivity contribution is 0.0320. The zero-order chi connectivity index (χ0) is 12.8. The van der Waals surface area contributed by atoms with Gasteiger partial charge in [-0.15, -0.1) is 0 Å². The minimum absolute atomic E-state index is 0.0933. The molecule has 0 aliphatic heterocycles. The molecule has 0 heterocycles. The molecule has 17 heavy (non-hydrogen) atoms. The SMILES string of the molecule is CCC(CC)CCCCCOCCOCCO. The highest BCUT2D eigenvalue weighted by Gasteiger charge is 2.02. The molecule has 0 saturated carbocycles. The van der Waals surface area contributed by atoms with Crippen LogP contribution in [-0.4, -0.2) is 38.1 Å². The molecular weight excluding hydrogens is 216 g/mol. The first kappa shape index (κ1) is 16.9. The zero-order valence-electron chi connectivity index (χ0n) is 11.6. The monoisotopic (exact) mass is 246 g/mol. The molecule has 0 unspecified atom stereocenters. The minimum atomic E-state index is 0.0933. The molecule has 0 aromatic heterocycles. The first-order valence-corrected chi connectivity index (χ1v) is 7.11. The van der Waals surface area contributed by atoms with Crippen molar-refractivity contribution < 1.29 is 14.6 Å². The van der Waals surface area contributed by atoms with Crippen molar-refractivity contribution in [3.05, 3.63) is 0 Å². The van der Waals surface area contributed by atoms with Crippen molar-refractivity contribution in [2.45, 2.75) is 52.4 Å². The van der Waals surface area contributed by atoms with Crippen molar-refractivity contribution in [1.29, 1.82) is 0 Å². The summed E-state index contributed by atoms with van der Waals surface area (Å²) in [5.41, 5.74) is 0. The second kappa shape index (κ2) is 13.9. The third kappa shape index (κ3) is 12.1. The van der Waals surface area contributed by atoms with Crippen LogP contribution in [0.25, 0.3) is 0 Å². The van der Waals surface area contributed by atoms with E-state index in [9.17, 15) is 0 Å². The highest BCUT2D eigenvalue weighted by atomic mass is 16.5. The Labute approximate surface area is 107 Å². The van der Waals surface area contributed by atoms with E-state index in [0.29, 0.717) is 19.8 Å². The van der Waals surface area contributed by atoms with E-state index in [4.69, 9.17) is 14.6 Å². The second-order valence-electron chi connectivity index (χ2n) is 4.48. The van der Waals surface area contributed by atoms with Crippen LogP contribution in [0.1, 0.15) is 52.4 Å². The van der Waals surface area contributed by atoms with E-state index in [0.717, 1.165) is 18.9 Å². The van der Waals surface area contributed by atoms with Crippen molar-refractivity contribution in [1.82, 2.24) is 0 Å². The molecule has 0 rings (SSSR count). The molecule has 3 nitrogen and oxygen atoms in total. The Hall–Kier alpha value is -0.120. The summed E-state index contributed by atoms with van der Waals surface area (Å²) in [4.78, 5) is 0. The Morgan fingerprint density at radius 3 is 2.06 bits per heavy atom. The van der Waals surface area contributed by atoms with Gasteiger partial charge in [-0.3, -0.25) is 0 Å². The molecule has 3 heteroatoms. The Kier molecular flexibility index (Phi) is 13.8. The lowest BCUT2D eigenvalue weighted by atomic mass is 9.96. The van der Waals surface area contributed by atoms with E-state index in [1.165, 1.54) is 32.1 Å². The molecule has 0 aromatic carbocycles. The average molecular weight is 246 g/mol. The summed E-state index contributed by atoms with van der Waals surface area (Å²) in [7, 11) is 0. The van der Waals surface area contributed by atoms with E-state index in [1.807, 2.05) is 0 Å². The molecule has 0 amide bonds. The molecular formula is C14H30O3. The number of aliphatic hydroxyl groups excluding tert-OH is 1. The Morgan fingerprint density at radius 2 is 1.47 bits per heavy atom. The number of unbranched alkanes of at least 4 members (excludes halogenated alkanes) is 2. The molecule has 1 N–H and O–H groups in total. The fraction of sp³-hybridized carbons (Fsp3) is 1.00. The van der Waals surface area contributed by atoms with Gasteiger partial charge in [0.1, 0.15) is 0 Å². The molecule has 0 saturated heterocycles. The number of aliphatic hydroxyl groups is 1. The van der Waals surface area contributed by atoms with Gasteiger partial charge in [0.05, 0.1) is 26.4 Å². The first-order chi connectivity index (χ1) is 8.35. The third-order valence-corrected chi connectivity index (χ3v) is 3.16. The largest absolute Gasteiger partial charge is 0.394 e. The Balaban J connectivity index is 3.03. The van der Waals surface area contributed by atoms with Crippen LogP contribution < -0.4 is 0 Å². The predicted octanol–water partition coefficient (Wildman–Crippen LogP) is 3.01. The topological polar surface area (TPSA) is 38.7 Å². The fourth-order valence-corrected chi connectivity index (χ4v) is 1.90. The van der Waals surface area contributed by atoms with Gasteiger partial charge in [0.2, 0.25) is 0 Å². The smallest absolute Gasteiger partial charge is 0.0701 e. The molecule has 0 spiro atoms. The molecule has 104 valence electrons. The van der Waals surface area contributed by atoms with Crippen molar-refractivity contribution in [3.8, 4) is 0 Å². The summed E-state index contributed by atoms with van der Waals surface area (Å²) in [5, 5.41) is 8.49. The third-order valence-electron chi connectivity index (χ3n) is 3.16. The number of hydrogen-bond acceptors (Lipinski definition) is 3. The minimum Gasteiger partial charge on any atom is -0.394 e. The molecule has 0 atom stereocenters. The quantitative estimate of drug-likeness (QED) is 0.508. The summed E-state index contributed by atoms with van der Waals surface area (Å²) < 4.78 is 10.5. The van der Waals surface area contributed by atoms with Crippen LogP contribution >= 0.6 is 0 Å². The summed E-state index contributed by atoms with van der Waals surface area (Å²) in [6, 6.07) is 0. The number of hydrogen-bond donors (Lipinski definition) is 1. The van der Waals surface area contributed by atoms with Crippen LogP contribution in [0.3, 0.4) is 0 Å². The maximum Gasteiger partial charge on any atom is 0.0701 e. The van der Waals surface area contributed by atoms with E-state index < -0.39 is 0 Å². The maximum atomic E-state index is 8.49. The fourth-order valence-electron chi connectivity index (χ4n) is 1.90. The summed E-state index contributed by atoms with van der Waals surface area (Å²) in [6.45, 7) is 7.15. The van der Waals surface area contributed by atoms with Gasteiger partial charge in [0.25, 0.3) is 0 Å². The van der Waals surface area contributed by atoms with Crippen LogP contribution in [-0.2, 0) is 9.47 Å². The first-order valence-electron chi connectivity index (χ1n) is 7.11. The highest BCUT2D eigenvalue weighted by Crippen LogP contribution is 2.16. The van der Waals surface area contributed by atoms with Crippen LogP contribution in [0.2, 0.25) is 0 Å². The lowest BCUT2D eigenvalue weighted by Crippen LogP contribution is -2.07. The van der Waals surface area contributed by atoms with Gasteiger partial charge >= 0.3 is 0 Å². The van der Waals surface area contributed by atoms with Gasteiger partial charge in [-0.2, -0.15) is 0 Å². The molecule has 0 aromatic rings. The van der Waals surface area contributed by atoms with Crippen LogP contribution in [0.4, 0.5) is 0 Å². The predicted molar refractivity (Wildman–Crippen MR) is 71.3 cm³/mol. The average Bonchev–Trinajstić information content (AvgIpc) is 2.36. The van der Waals surface area contributed by atoms with E-state index in [-0.39, 0.29) is 6.61 Å². The van der Waals surface area contributed by atoms with Gasteiger partial charge in [0, 0.05) is 6.61 Å². The summed E-state index contributed by atoms with van der Waals surface area (Å²) >= 11 is 0. The zero-order valence-corrected chi connectivity index (χ0v) is 11.6. The lowest BCUT2D eigenvalue weighted by Gasteiger charge is -2.11. The summed E-state index contributed by atoms with van der Waals surface area (Å²) in [5.74, 6) is 0.919. The van der Waals surface area contributed by atoms with Gasteiger partial charge in [-0.05, 0) is 12.3 Å². The molecule has 0 fully saturated rings. The van der Waals surface area contributed by atoms with Crippen LogP contribution in [0.15, 0.2) is 0 Å². The molecule has 0 bridgehead atoms. The number of ether oxygens (including phenoxy) is 2. The standard InChI is InChI=1S/C14H30O3/c1-3-14(4-2)8-6-5-7-10-16-12-13-17-11-9-15/h14-15H,3-13H2,1-2H3. The second-order valence-corrected chi connectivity index (χ2v) is 4.48. The summed E-state index contributed by atoms with van der Waals surface area (Å²) in [6.07, 6.45) is 7.75. The highest BCUT2D eigenvalue weighted by molar-refractivity contribution is 4.54. The van der Waals surface area contributed by atoms with Gasteiger partial charge in [0.15, 0.2) is 0 Å². The van der Waals surface area contributed by atoms with Crippen molar-refractivity contribution in [2.24, 2.45) is 5.92 Å². The molecule has 0 aliphatic carbocycles. The van der Waals surface area contributed by atoms with E-state index in [1.54, 1.807) is 0 Å². The Morgan fingerprint density at radius 1 is 0.824 bits per heavy atom. The van der Waals surface area contributed by atoms with Crippen molar-refractivity contribution in [2.75, 3.05) is 33.0 Å². The Bertz CT molecular complexity index is 135. The molecule has 0 radical (unpaired) electrons. The van der Waals surface area contributed by atoms with E-state index >= 15 is 0 Å². The molecule has 0 aliphatic rings. The maximum absolute atomic E-state index is 8.49. The van der Waals surface area contributed by atoms with Crippen molar-refractivity contribution >= 4 is 0 Å². The van der Waals surface area contributed by atoms with E-state index in [2.05, 4.69) is 13.8 Å². The van der Waals surface area contributed by atoms with Gasteiger partial charge < -0.3 is 14.6 Å². The number of rotatable bonds is 13. The van der Waals surface area contributed by atoms with Crippen LogP contribution in [0, 0.1) is 5.92 Å². The van der Waals surface area contributed by atoms with Gasteiger partial charge in [-0.25, -0.2) is 0 Å². The van der Waals surface area contributed by atoms with Crippen molar-refractivity contribution in [3.63, 3.8) is 0 Å². The normalized spacial score (nSPS) is 11.3.